The molecule has 3 nitrogen and oxygen atoms in total. The second-order valence-corrected chi connectivity index (χ2v) is 1.59. The Morgan fingerprint density at radius 3 is 2.44 bits per heavy atom. The Balaban J connectivity index is 2.74. The van der Waals surface area contributed by atoms with E-state index in [9.17, 15) is 0 Å². The number of rotatable bonds is 3. The summed E-state index contributed by atoms with van der Waals surface area (Å²) in [5, 5.41) is 8.58. The second kappa shape index (κ2) is 2.48. The van der Waals surface area contributed by atoms with E-state index in [1.807, 2.05) is 6.07 Å². The number of anilines is 1. The molecule has 0 heterocycles. The van der Waals surface area contributed by atoms with Gasteiger partial charge in [0.05, 0.1) is 5.69 Å². The molecular weight excluding hydrogens is 118 g/mol. The van der Waals surface area contributed by atoms with Crippen LogP contribution in [0.5, 0.6) is 0 Å². The first-order valence-corrected chi connectivity index (χ1v) is 2.50. The number of nitrogens with zero attached hydrogens (tertiary/aromatic N) is 1. The van der Waals surface area contributed by atoms with Gasteiger partial charge in [0.15, 0.2) is 0 Å². The fourth-order valence-electron chi connectivity index (χ4n) is 0.550. The first kappa shape index (κ1) is 3.87. The van der Waals surface area contributed by atoms with Crippen LogP contribution in [0.25, 0.3) is 0 Å². The lowest BCUT2D eigenvalue weighted by atomic mass is 10.3. The maximum Gasteiger partial charge on any atom is 0.249 e. The van der Waals surface area contributed by atoms with Gasteiger partial charge in [0.2, 0.25) is 2.86 Å². The van der Waals surface area contributed by atoms with E-state index < -0.39 is 0 Å². The van der Waals surface area contributed by atoms with Crippen molar-refractivity contribution in [2.24, 2.45) is 0 Å². The van der Waals surface area contributed by atoms with Crippen molar-refractivity contribution in [3.8, 4) is 0 Å². The fourth-order valence-corrected chi connectivity index (χ4v) is 0.550. The summed E-state index contributed by atoms with van der Waals surface area (Å²) in [6.07, 6.45) is 0. The van der Waals surface area contributed by atoms with Crippen LogP contribution in [0.15, 0.2) is 30.3 Å². The van der Waals surface area contributed by atoms with Crippen molar-refractivity contribution >= 4 is 5.69 Å². The normalized spacial score (nSPS) is 12.0. The molecule has 2 N–H and O–H groups in total. The molecule has 0 aliphatic heterocycles. The maximum absolute atomic E-state index is 6.48. The summed E-state index contributed by atoms with van der Waals surface area (Å²) in [6.45, 7) is 0. The Kier molecular flexibility index (Phi) is 1.07. The van der Waals surface area contributed by atoms with Crippen molar-refractivity contribution in [3.63, 3.8) is 0 Å². The lowest BCUT2D eigenvalue weighted by molar-refractivity contribution is 0.0291. The third kappa shape index (κ3) is 1.42. The van der Waals surface area contributed by atoms with Crippen LogP contribution in [0.1, 0.15) is 0 Å². The van der Waals surface area contributed by atoms with Crippen LogP contribution < -0.4 is 5.23 Å². The van der Waals surface area contributed by atoms with Gasteiger partial charge >= 0.3 is 0 Å². The molecule has 1 rings (SSSR count). The maximum atomic E-state index is 6.48. The minimum absolute atomic E-state index is 0.498. The standard InChI is InChI=1S/C6H7NO2/c8-7(9)6-4-2-1-3-5-6/h1-5,8-9H/i8T,9T. The zero-order chi connectivity index (χ0) is 8.10. The topological polar surface area (TPSA) is 43.7 Å². The summed E-state index contributed by atoms with van der Waals surface area (Å²) in [5.74, 6) is 0. The highest BCUT2D eigenvalue weighted by atomic mass is 16.8. The Labute approximate surface area is 55.7 Å². The van der Waals surface area contributed by atoms with Crippen LogP contribution >= 0.6 is 0 Å². The molecule has 1 aromatic rings. The van der Waals surface area contributed by atoms with Crippen molar-refractivity contribution in [1.29, 1.82) is 0 Å². The number of para-hydroxylation sites is 1. The molecule has 0 aliphatic carbocycles. The largest absolute Gasteiger partial charge is 0.264 e. The summed E-state index contributed by atoms with van der Waals surface area (Å²) in [7, 11) is 0. The van der Waals surface area contributed by atoms with Crippen molar-refractivity contribution in [2.45, 2.75) is 0 Å². The number of benzene rings is 1. The Hall–Kier alpha value is -1.06. The summed E-state index contributed by atoms with van der Waals surface area (Å²) in [5.41, 5.74) is 0.498. The molecule has 1 aromatic carbocycles. The van der Waals surface area contributed by atoms with Crippen LogP contribution in [0.2, 0.25) is 2.86 Å². The second-order valence-electron chi connectivity index (χ2n) is 1.59. The van der Waals surface area contributed by atoms with E-state index >= 15 is 0 Å². The summed E-state index contributed by atoms with van der Waals surface area (Å²) in [4.78, 5) is 0. The molecule has 0 saturated heterocycles. The molecule has 0 aliphatic rings. The van der Waals surface area contributed by atoms with E-state index in [2.05, 4.69) is 10.4 Å². The van der Waals surface area contributed by atoms with E-state index in [4.69, 9.17) is 2.86 Å². The van der Waals surface area contributed by atoms with Crippen molar-refractivity contribution in [1.82, 2.24) is 0 Å². The van der Waals surface area contributed by atoms with Crippen LogP contribution in [-0.4, -0.2) is 10.4 Å². The molecular formula is C6H7NO2. The zero-order valence-corrected chi connectivity index (χ0v) is 4.65. The fraction of sp³-hybridized carbons (Fsp3) is 0. The Morgan fingerprint density at radius 1 is 1.22 bits per heavy atom. The van der Waals surface area contributed by atoms with Crippen LogP contribution in [0, 0.1) is 0 Å². The Bertz CT molecular complexity index is 203. The molecule has 0 spiro atoms. The first-order chi connectivity index (χ1) is 5.38. The Morgan fingerprint density at radius 2 is 1.89 bits per heavy atom. The lowest BCUT2D eigenvalue weighted by Gasteiger charge is -2.05. The highest BCUT2D eigenvalue weighted by Crippen LogP contribution is 2.06. The van der Waals surface area contributed by atoms with Crippen LogP contribution in [-0.2, 0) is 0 Å². The molecule has 48 valence electrons. The van der Waals surface area contributed by atoms with Crippen LogP contribution in [0.4, 0.5) is 5.69 Å². The average molecular weight is 129 g/mol. The van der Waals surface area contributed by atoms with Crippen molar-refractivity contribution < 1.29 is 13.3 Å². The molecule has 0 saturated carbocycles. The molecule has 0 fully saturated rings. The minimum Gasteiger partial charge on any atom is -0.264 e. The van der Waals surface area contributed by atoms with Gasteiger partial charge in [0.1, 0.15) is 0 Å². The lowest BCUT2D eigenvalue weighted by Crippen LogP contribution is -2.10. The quantitative estimate of drug-likeness (QED) is 0.604. The van der Waals surface area contributed by atoms with Gasteiger partial charge in [-0.15, -0.1) is 5.23 Å². The third-order valence-electron chi connectivity index (χ3n) is 0.967. The predicted molar refractivity (Wildman–Crippen MR) is 32.5 cm³/mol. The number of hydrogen-bond donors (Lipinski definition) is 2. The molecule has 0 radical (unpaired) electrons. The van der Waals surface area contributed by atoms with Gasteiger partial charge in [-0.25, -0.2) is 0 Å². The molecule has 0 unspecified atom stereocenters. The molecule has 9 heavy (non-hydrogen) atoms. The smallest absolute Gasteiger partial charge is 0.249 e. The van der Waals surface area contributed by atoms with Crippen molar-refractivity contribution in [2.75, 3.05) is 5.23 Å². The highest BCUT2D eigenvalue weighted by molar-refractivity contribution is 5.39. The van der Waals surface area contributed by atoms with Crippen molar-refractivity contribution in [3.05, 3.63) is 30.3 Å². The highest BCUT2D eigenvalue weighted by Gasteiger charge is 1.92. The molecule has 0 atom stereocenters. The molecule has 3 heteroatoms. The van der Waals surface area contributed by atoms with Gasteiger partial charge in [0.25, 0.3) is 0 Å². The van der Waals surface area contributed by atoms with E-state index in [1.165, 1.54) is 0 Å². The summed E-state index contributed by atoms with van der Waals surface area (Å²) < 4.78 is 13.0. The average Bonchev–Trinajstić information content (AvgIpc) is 2.09. The minimum atomic E-state index is 0.498. The first-order valence-electron chi connectivity index (χ1n) is 3.32. The third-order valence-corrected chi connectivity index (χ3v) is 0.967. The SMILES string of the molecule is [3H]ON(O[3H])c1ccccc1. The van der Waals surface area contributed by atoms with Gasteiger partial charge in [-0.05, 0) is 12.1 Å². The van der Waals surface area contributed by atoms with Gasteiger partial charge in [-0.1, -0.05) is 18.2 Å². The molecule has 0 amide bonds. The zero-order valence-electron chi connectivity index (χ0n) is 6.65. The predicted octanol–water partition coefficient (Wildman–Crippen LogP) is 1.27. The number of hydrogen-bond acceptors (Lipinski definition) is 3. The van der Waals surface area contributed by atoms with E-state index in [0.717, 1.165) is 0 Å². The van der Waals surface area contributed by atoms with Crippen LogP contribution in [0.3, 0.4) is 0 Å². The van der Waals surface area contributed by atoms with Gasteiger partial charge in [-0.3, -0.25) is 10.4 Å². The summed E-state index contributed by atoms with van der Waals surface area (Å²) in [6, 6.07) is 8.63. The van der Waals surface area contributed by atoms with E-state index in [-0.39, 0.29) is 0 Å². The molecule has 0 bridgehead atoms. The van der Waals surface area contributed by atoms with Gasteiger partial charge < -0.3 is 0 Å². The summed E-state index contributed by atoms with van der Waals surface area (Å²) >= 11 is 0. The molecule has 0 aromatic heterocycles. The monoisotopic (exact) mass is 129 g/mol. The van der Waals surface area contributed by atoms with Gasteiger partial charge in [0, 0.05) is 0 Å². The van der Waals surface area contributed by atoms with Gasteiger partial charge in [-0.2, -0.15) is 0 Å². The van der Waals surface area contributed by atoms with E-state index in [0.29, 0.717) is 10.9 Å². The van der Waals surface area contributed by atoms with E-state index in [1.54, 1.807) is 24.3 Å².